The smallest absolute Gasteiger partial charge is 0.159 e. The first-order chi connectivity index (χ1) is 9.88. The largest absolute Gasteiger partial charge is 0.304 e. The number of hydrogen-bond donors (Lipinski definition) is 1. The predicted octanol–water partition coefficient (Wildman–Crippen LogP) is 4.99. The van der Waals surface area contributed by atoms with Gasteiger partial charge in [0.25, 0.3) is 0 Å². The summed E-state index contributed by atoms with van der Waals surface area (Å²) in [5.41, 5.74) is 4.42. The van der Waals surface area contributed by atoms with Gasteiger partial charge in [-0.15, -0.1) is 0 Å². The molecule has 0 aliphatic rings. The van der Waals surface area contributed by atoms with Gasteiger partial charge in [-0.05, 0) is 56.5 Å². The highest BCUT2D eigenvalue weighted by Crippen LogP contribution is 2.23. The van der Waals surface area contributed by atoms with Crippen LogP contribution in [0.15, 0.2) is 36.4 Å². The van der Waals surface area contributed by atoms with Crippen LogP contribution in [0.4, 0.5) is 8.78 Å². The lowest BCUT2D eigenvalue weighted by Crippen LogP contribution is -2.23. The van der Waals surface area contributed by atoms with Gasteiger partial charge >= 0.3 is 0 Å². The average molecular weight is 289 g/mol. The van der Waals surface area contributed by atoms with Crippen molar-refractivity contribution in [3.8, 4) is 0 Å². The molecule has 0 spiro atoms. The molecule has 0 radical (unpaired) electrons. The van der Waals surface area contributed by atoms with Crippen LogP contribution in [0.5, 0.6) is 0 Å². The van der Waals surface area contributed by atoms with E-state index < -0.39 is 11.6 Å². The van der Waals surface area contributed by atoms with E-state index >= 15 is 0 Å². The van der Waals surface area contributed by atoms with Crippen LogP contribution in [0.1, 0.15) is 48.2 Å². The van der Waals surface area contributed by atoms with Crippen LogP contribution < -0.4 is 5.32 Å². The van der Waals surface area contributed by atoms with Gasteiger partial charge in [-0.25, -0.2) is 8.78 Å². The van der Waals surface area contributed by atoms with Gasteiger partial charge in [0.05, 0.1) is 0 Å². The van der Waals surface area contributed by atoms with Crippen molar-refractivity contribution in [2.75, 3.05) is 0 Å². The number of aryl methyl sites for hydroxylation is 2. The monoisotopic (exact) mass is 289 g/mol. The Morgan fingerprint density at radius 2 is 1.57 bits per heavy atom. The van der Waals surface area contributed by atoms with E-state index in [1.54, 1.807) is 6.07 Å². The highest BCUT2D eigenvalue weighted by atomic mass is 19.2. The molecule has 0 saturated carbocycles. The Labute approximate surface area is 125 Å². The van der Waals surface area contributed by atoms with Gasteiger partial charge < -0.3 is 5.32 Å². The van der Waals surface area contributed by atoms with Gasteiger partial charge in [0.15, 0.2) is 11.6 Å². The third-order valence-corrected chi connectivity index (χ3v) is 3.84. The van der Waals surface area contributed by atoms with E-state index in [0.717, 1.165) is 5.56 Å². The van der Waals surface area contributed by atoms with Crippen LogP contribution in [0.3, 0.4) is 0 Å². The van der Waals surface area contributed by atoms with Gasteiger partial charge in [0.1, 0.15) is 0 Å². The Morgan fingerprint density at radius 1 is 0.857 bits per heavy atom. The van der Waals surface area contributed by atoms with Gasteiger partial charge in [-0.2, -0.15) is 0 Å². The van der Waals surface area contributed by atoms with Crippen molar-refractivity contribution in [1.82, 2.24) is 5.32 Å². The van der Waals surface area contributed by atoms with Gasteiger partial charge in [0, 0.05) is 12.1 Å². The molecule has 112 valence electrons. The van der Waals surface area contributed by atoms with Crippen molar-refractivity contribution in [2.24, 2.45) is 0 Å². The number of hydrogen-bond acceptors (Lipinski definition) is 1. The molecular formula is C18H21F2N. The maximum Gasteiger partial charge on any atom is 0.159 e. The van der Waals surface area contributed by atoms with Crippen molar-refractivity contribution in [3.05, 3.63) is 70.3 Å². The second kappa shape index (κ2) is 6.35. The van der Waals surface area contributed by atoms with E-state index in [0.29, 0.717) is 0 Å². The summed E-state index contributed by atoms with van der Waals surface area (Å²) >= 11 is 0. The Hall–Kier alpha value is -1.74. The minimum absolute atomic E-state index is 0.0594. The van der Waals surface area contributed by atoms with E-state index in [1.807, 2.05) is 6.92 Å². The number of benzene rings is 2. The molecule has 0 saturated heterocycles. The molecule has 2 unspecified atom stereocenters. The molecule has 2 atom stereocenters. The average Bonchev–Trinajstić information content (AvgIpc) is 2.41. The Balaban J connectivity index is 2.14. The molecule has 2 rings (SSSR count). The lowest BCUT2D eigenvalue weighted by Gasteiger charge is -2.22. The summed E-state index contributed by atoms with van der Waals surface area (Å²) in [6.45, 7) is 8.18. The lowest BCUT2D eigenvalue weighted by atomic mass is 9.98. The van der Waals surface area contributed by atoms with E-state index in [-0.39, 0.29) is 12.1 Å². The molecular weight excluding hydrogens is 268 g/mol. The molecule has 0 bridgehead atoms. The minimum Gasteiger partial charge on any atom is -0.304 e. The van der Waals surface area contributed by atoms with Crippen LogP contribution >= 0.6 is 0 Å². The zero-order chi connectivity index (χ0) is 15.6. The van der Waals surface area contributed by atoms with Crippen molar-refractivity contribution >= 4 is 0 Å². The molecule has 0 amide bonds. The quantitative estimate of drug-likeness (QED) is 0.835. The molecule has 3 heteroatoms. The summed E-state index contributed by atoms with van der Waals surface area (Å²) in [5, 5.41) is 3.43. The van der Waals surface area contributed by atoms with E-state index in [1.165, 1.54) is 28.8 Å². The molecule has 0 heterocycles. The second-order valence-corrected chi connectivity index (χ2v) is 5.64. The molecule has 2 aromatic rings. The fourth-order valence-electron chi connectivity index (χ4n) is 2.65. The SMILES string of the molecule is Cc1ccc(C(C)NC(C)c2ccc(F)c(F)c2)c(C)c1. The third kappa shape index (κ3) is 3.67. The highest BCUT2D eigenvalue weighted by Gasteiger charge is 2.14. The summed E-state index contributed by atoms with van der Waals surface area (Å²) in [4.78, 5) is 0. The van der Waals surface area contributed by atoms with Crippen LogP contribution in [0.25, 0.3) is 0 Å². The Bertz CT molecular complexity index is 637. The molecule has 0 aliphatic carbocycles. The lowest BCUT2D eigenvalue weighted by molar-refractivity contribution is 0.479. The van der Waals surface area contributed by atoms with E-state index in [9.17, 15) is 8.78 Å². The molecule has 0 fully saturated rings. The zero-order valence-corrected chi connectivity index (χ0v) is 12.9. The molecule has 0 aliphatic heterocycles. The van der Waals surface area contributed by atoms with Gasteiger partial charge in [-0.1, -0.05) is 29.8 Å². The molecule has 1 N–H and O–H groups in total. The summed E-state index contributed by atoms with van der Waals surface area (Å²) in [6, 6.07) is 10.5. The molecule has 1 nitrogen and oxygen atoms in total. The van der Waals surface area contributed by atoms with E-state index in [4.69, 9.17) is 0 Å². The normalized spacial score (nSPS) is 14.0. The fourth-order valence-corrected chi connectivity index (χ4v) is 2.65. The van der Waals surface area contributed by atoms with Crippen LogP contribution in [0, 0.1) is 25.5 Å². The standard InChI is InChI=1S/C18H21F2N/c1-11-5-7-16(12(2)9-11)14(4)21-13(3)15-6-8-17(19)18(20)10-15/h5-10,13-14,21H,1-4H3. The number of rotatable bonds is 4. The summed E-state index contributed by atoms with van der Waals surface area (Å²) in [6.07, 6.45) is 0. The maximum absolute atomic E-state index is 13.3. The number of nitrogens with one attached hydrogen (secondary N) is 1. The molecule has 2 aromatic carbocycles. The fraction of sp³-hybridized carbons (Fsp3) is 0.333. The Morgan fingerprint density at radius 3 is 2.19 bits per heavy atom. The second-order valence-electron chi connectivity index (χ2n) is 5.64. The molecule has 0 aromatic heterocycles. The van der Waals surface area contributed by atoms with E-state index in [2.05, 4.69) is 44.3 Å². The van der Waals surface area contributed by atoms with Crippen LogP contribution in [-0.4, -0.2) is 0 Å². The first-order valence-electron chi connectivity index (χ1n) is 7.16. The number of halogens is 2. The third-order valence-electron chi connectivity index (χ3n) is 3.84. The minimum atomic E-state index is -0.812. The highest BCUT2D eigenvalue weighted by molar-refractivity contribution is 5.33. The zero-order valence-electron chi connectivity index (χ0n) is 12.9. The summed E-state index contributed by atoms with van der Waals surface area (Å²) < 4.78 is 26.3. The van der Waals surface area contributed by atoms with Gasteiger partial charge in [-0.3, -0.25) is 0 Å². The predicted molar refractivity (Wildman–Crippen MR) is 82.2 cm³/mol. The van der Waals surface area contributed by atoms with Crippen molar-refractivity contribution in [3.63, 3.8) is 0 Å². The topological polar surface area (TPSA) is 12.0 Å². The van der Waals surface area contributed by atoms with Crippen molar-refractivity contribution in [1.29, 1.82) is 0 Å². The van der Waals surface area contributed by atoms with Crippen molar-refractivity contribution in [2.45, 2.75) is 39.8 Å². The summed E-state index contributed by atoms with van der Waals surface area (Å²) in [5.74, 6) is -1.62. The first kappa shape index (κ1) is 15.6. The first-order valence-corrected chi connectivity index (χ1v) is 7.16. The van der Waals surface area contributed by atoms with Crippen molar-refractivity contribution < 1.29 is 8.78 Å². The van der Waals surface area contributed by atoms with Crippen LogP contribution in [-0.2, 0) is 0 Å². The van der Waals surface area contributed by atoms with Gasteiger partial charge in [0.2, 0.25) is 0 Å². The summed E-state index contributed by atoms with van der Waals surface area (Å²) in [7, 11) is 0. The molecule has 21 heavy (non-hydrogen) atoms. The Kier molecular flexibility index (Phi) is 4.73. The van der Waals surface area contributed by atoms with Crippen LogP contribution in [0.2, 0.25) is 0 Å². The maximum atomic E-state index is 13.3.